The van der Waals surface area contributed by atoms with Crippen LogP contribution in [0.5, 0.6) is 5.88 Å². The molecule has 5 rings (SSSR count). The molecule has 1 aliphatic rings. The summed E-state index contributed by atoms with van der Waals surface area (Å²) in [6.45, 7) is 2.71. The van der Waals surface area contributed by atoms with Crippen LogP contribution in [0.3, 0.4) is 0 Å². The minimum Gasteiger partial charge on any atom is -0.493 e. The van der Waals surface area contributed by atoms with Gasteiger partial charge in [-0.15, -0.1) is 10.2 Å². The van der Waals surface area contributed by atoms with E-state index >= 15 is 0 Å². The van der Waals surface area contributed by atoms with E-state index in [1.807, 2.05) is 71.3 Å². The molecule has 0 atom stereocenters. The van der Waals surface area contributed by atoms with Gasteiger partial charge in [-0.1, -0.05) is 79.2 Å². The van der Waals surface area contributed by atoms with Crippen molar-refractivity contribution in [1.29, 1.82) is 0 Å². The number of nitrogens with zero attached hydrogens (tertiary/aromatic N) is 4. The van der Waals surface area contributed by atoms with Crippen molar-refractivity contribution < 1.29 is 5.11 Å². The lowest BCUT2D eigenvalue weighted by Gasteiger charge is -2.27. The molecular formula is C29H29N5OS. The first-order chi connectivity index (χ1) is 17.7. The summed E-state index contributed by atoms with van der Waals surface area (Å²) in [6.07, 6.45) is 7.80. The molecule has 0 aliphatic carbocycles. The van der Waals surface area contributed by atoms with E-state index in [9.17, 15) is 5.11 Å². The van der Waals surface area contributed by atoms with Crippen molar-refractivity contribution in [2.75, 3.05) is 18.4 Å². The van der Waals surface area contributed by atoms with E-state index in [1.165, 1.54) is 19.3 Å². The molecule has 6 nitrogen and oxygen atoms in total. The van der Waals surface area contributed by atoms with Crippen molar-refractivity contribution in [1.82, 2.24) is 9.47 Å². The van der Waals surface area contributed by atoms with E-state index in [4.69, 9.17) is 12.2 Å². The highest BCUT2D eigenvalue weighted by Crippen LogP contribution is 2.39. The minimum absolute atomic E-state index is 0.114. The van der Waals surface area contributed by atoms with Crippen LogP contribution < -0.4 is 5.32 Å². The molecule has 1 aliphatic heterocycles. The number of piperidine rings is 1. The number of hydrogen-bond acceptors (Lipinski definition) is 4. The van der Waals surface area contributed by atoms with Crippen LogP contribution >= 0.6 is 12.2 Å². The van der Waals surface area contributed by atoms with Crippen molar-refractivity contribution in [3.63, 3.8) is 0 Å². The molecule has 7 heteroatoms. The van der Waals surface area contributed by atoms with Gasteiger partial charge in [0, 0.05) is 11.1 Å². The number of azo groups is 1. The van der Waals surface area contributed by atoms with Crippen LogP contribution in [-0.2, 0) is 6.67 Å². The fraction of sp³-hybridized carbons (Fsp3) is 0.207. The van der Waals surface area contributed by atoms with Gasteiger partial charge in [-0.3, -0.25) is 9.47 Å². The van der Waals surface area contributed by atoms with Crippen LogP contribution in [0.2, 0.25) is 0 Å². The van der Waals surface area contributed by atoms with E-state index in [2.05, 4.69) is 44.7 Å². The summed E-state index contributed by atoms with van der Waals surface area (Å²) < 4.78 is 1.91. The first-order valence-corrected chi connectivity index (χ1v) is 12.7. The number of likely N-dealkylation sites (tertiary alicyclic amines) is 1. The zero-order valence-corrected chi connectivity index (χ0v) is 20.9. The number of thiocarbonyl (C=S) groups is 1. The molecule has 182 valence electrons. The highest BCUT2D eigenvalue weighted by Gasteiger charge is 2.19. The quantitative estimate of drug-likeness (QED) is 0.166. The Morgan fingerprint density at radius 2 is 1.53 bits per heavy atom. The lowest BCUT2D eigenvalue weighted by molar-refractivity contribution is 0.178. The second-order valence-electron chi connectivity index (χ2n) is 8.93. The van der Waals surface area contributed by atoms with Crippen molar-refractivity contribution >= 4 is 51.8 Å². The molecule has 1 aromatic heterocycles. The SMILES string of the molecule is Oc1c(N=NC(=S)Nc2ccc(/C=C/c3ccccc3)cc2)c2ccccc2n1CN1CCCCC1. The molecule has 2 heterocycles. The van der Waals surface area contributed by atoms with Gasteiger partial charge in [0.15, 0.2) is 5.69 Å². The van der Waals surface area contributed by atoms with Gasteiger partial charge in [0.25, 0.3) is 0 Å². The summed E-state index contributed by atoms with van der Waals surface area (Å²) in [5.74, 6) is 0.114. The molecule has 0 unspecified atom stereocenters. The molecule has 0 radical (unpaired) electrons. The lowest BCUT2D eigenvalue weighted by Crippen LogP contribution is -2.31. The number of hydrogen-bond donors (Lipinski definition) is 2. The first kappa shape index (κ1) is 23.9. The van der Waals surface area contributed by atoms with E-state index in [1.54, 1.807) is 0 Å². The van der Waals surface area contributed by atoms with Crippen molar-refractivity contribution in [2.45, 2.75) is 25.9 Å². The second kappa shape index (κ2) is 11.3. The fourth-order valence-corrected chi connectivity index (χ4v) is 4.65. The fourth-order valence-electron chi connectivity index (χ4n) is 4.49. The lowest BCUT2D eigenvalue weighted by atomic mass is 10.1. The van der Waals surface area contributed by atoms with Crippen LogP contribution in [0.1, 0.15) is 30.4 Å². The average molecular weight is 496 g/mol. The molecule has 1 fully saturated rings. The third-order valence-corrected chi connectivity index (χ3v) is 6.56. The van der Waals surface area contributed by atoms with Crippen molar-refractivity contribution in [3.8, 4) is 5.88 Å². The van der Waals surface area contributed by atoms with Crippen molar-refractivity contribution in [3.05, 3.63) is 90.0 Å². The van der Waals surface area contributed by atoms with Crippen LogP contribution in [0.4, 0.5) is 11.4 Å². The molecule has 1 saturated heterocycles. The van der Waals surface area contributed by atoms with Gasteiger partial charge >= 0.3 is 0 Å². The number of aromatic nitrogens is 1. The summed E-state index contributed by atoms with van der Waals surface area (Å²) in [5.41, 5.74) is 4.44. The number of nitrogens with one attached hydrogen (secondary N) is 1. The summed E-state index contributed by atoms with van der Waals surface area (Å²) in [7, 11) is 0. The Labute approximate surface area is 216 Å². The number of aromatic hydroxyl groups is 1. The van der Waals surface area contributed by atoms with Gasteiger partial charge in [-0.25, -0.2) is 0 Å². The average Bonchev–Trinajstić information content (AvgIpc) is 3.18. The van der Waals surface area contributed by atoms with Gasteiger partial charge in [0.05, 0.1) is 12.2 Å². The molecule has 0 amide bonds. The van der Waals surface area contributed by atoms with Gasteiger partial charge in [0.1, 0.15) is 0 Å². The molecule has 4 aromatic rings. The van der Waals surface area contributed by atoms with Crippen LogP contribution in [0.25, 0.3) is 23.1 Å². The Morgan fingerprint density at radius 3 is 2.28 bits per heavy atom. The zero-order valence-electron chi connectivity index (χ0n) is 20.0. The zero-order chi connectivity index (χ0) is 24.7. The first-order valence-electron chi connectivity index (χ1n) is 12.3. The molecule has 3 aromatic carbocycles. The molecule has 36 heavy (non-hydrogen) atoms. The van der Waals surface area contributed by atoms with Crippen LogP contribution in [-0.4, -0.2) is 32.8 Å². The standard InChI is InChI=1S/C29H29N5OS/c35-28-27(25-11-5-6-12-26(25)34(28)21-33-19-7-2-8-20-33)31-32-29(36)30-24-17-15-23(16-18-24)14-13-22-9-3-1-4-10-22/h1,3-6,9-18,35H,2,7-8,19-21H2,(H,30,36)/b14-13+,32-31?. The molecule has 2 N–H and O–H groups in total. The molecule has 0 bridgehead atoms. The Kier molecular flexibility index (Phi) is 7.50. The predicted molar refractivity (Wildman–Crippen MR) is 152 cm³/mol. The summed E-state index contributed by atoms with van der Waals surface area (Å²) >= 11 is 5.40. The Hall–Kier alpha value is -3.81. The molecule has 0 saturated carbocycles. The largest absolute Gasteiger partial charge is 0.493 e. The minimum atomic E-state index is 0.114. The smallest absolute Gasteiger partial charge is 0.221 e. The van der Waals surface area contributed by atoms with Gasteiger partial charge in [0.2, 0.25) is 11.0 Å². The summed E-state index contributed by atoms with van der Waals surface area (Å²) in [6, 6.07) is 26.0. The third-order valence-electron chi connectivity index (χ3n) is 6.38. The monoisotopic (exact) mass is 495 g/mol. The second-order valence-corrected chi connectivity index (χ2v) is 9.32. The number of anilines is 1. The molecule has 0 spiro atoms. The van der Waals surface area contributed by atoms with E-state index in [0.717, 1.165) is 40.8 Å². The maximum Gasteiger partial charge on any atom is 0.221 e. The van der Waals surface area contributed by atoms with Gasteiger partial charge in [-0.05, 0) is 67.5 Å². The third kappa shape index (κ3) is 5.70. The van der Waals surface area contributed by atoms with E-state index in [0.29, 0.717) is 12.4 Å². The summed E-state index contributed by atoms with van der Waals surface area (Å²) in [5, 5.41) is 23.8. The maximum atomic E-state index is 11.0. The van der Waals surface area contributed by atoms with Crippen LogP contribution in [0.15, 0.2) is 89.1 Å². The van der Waals surface area contributed by atoms with Gasteiger partial charge in [-0.2, -0.15) is 0 Å². The number of rotatable bonds is 6. The summed E-state index contributed by atoms with van der Waals surface area (Å²) in [4.78, 5) is 2.36. The Bertz CT molecular complexity index is 1390. The maximum absolute atomic E-state index is 11.0. The normalized spacial score (nSPS) is 14.7. The Morgan fingerprint density at radius 1 is 0.861 bits per heavy atom. The highest BCUT2D eigenvalue weighted by atomic mass is 32.1. The Balaban J connectivity index is 1.27. The highest BCUT2D eigenvalue weighted by molar-refractivity contribution is 7.80. The van der Waals surface area contributed by atoms with Crippen LogP contribution in [0, 0.1) is 0 Å². The number of fused-ring (bicyclic) bond motifs is 1. The van der Waals surface area contributed by atoms with E-state index in [-0.39, 0.29) is 11.0 Å². The van der Waals surface area contributed by atoms with E-state index < -0.39 is 0 Å². The topological polar surface area (TPSA) is 65.2 Å². The number of benzene rings is 3. The van der Waals surface area contributed by atoms with Crippen molar-refractivity contribution in [2.24, 2.45) is 10.2 Å². The predicted octanol–water partition coefficient (Wildman–Crippen LogP) is 7.44. The molecular weight excluding hydrogens is 466 g/mol. The van der Waals surface area contributed by atoms with Gasteiger partial charge < -0.3 is 10.4 Å². The number of para-hydroxylation sites is 1.